The van der Waals surface area contributed by atoms with Crippen LogP contribution < -0.4 is 10.6 Å². The molecule has 1 aliphatic heterocycles. The molecular formula is C19H27N3O2. The molecule has 1 aliphatic carbocycles. The van der Waals surface area contributed by atoms with Gasteiger partial charge in [0, 0.05) is 30.7 Å². The Bertz CT molecular complexity index is 547. The molecule has 0 atom stereocenters. The van der Waals surface area contributed by atoms with E-state index in [1.807, 2.05) is 18.2 Å². The molecule has 1 aromatic rings. The number of nitrogens with zero attached hydrogens (tertiary/aromatic N) is 1. The molecule has 24 heavy (non-hydrogen) atoms. The van der Waals surface area contributed by atoms with Crippen LogP contribution in [0.25, 0.3) is 0 Å². The van der Waals surface area contributed by atoms with E-state index in [1.165, 1.54) is 25.7 Å². The van der Waals surface area contributed by atoms with Crippen molar-refractivity contribution in [1.82, 2.24) is 15.5 Å². The van der Waals surface area contributed by atoms with Crippen molar-refractivity contribution in [2.75, 3.05) is 19.6 Å². The van der Waals surface area contributed by atoms with E-state index in [1.54, 1.807) is 12.1 Å². The first-order valence-electron chi connectivity index (χ1n) is 9.09. The lowest BCUT2D eigenvalue weighted by molar-refractivity contribution is -0.121. The minimum absolute atomic E-state index is 0.0383. The van der Waals surface area contributed by atoms with Crippen LogP contribution in [0.5, 0.6) is 0 Å². The topological polar surface area (TPSA) is 61.4 Å². The van der Waals surface area contributed by atoms with Crippen LogP contribution in [-0.4, -0.2) is 48.4 Å². The van der Waals surface area contributed by atoms with E-state index in [9.17, 15) is 9.59 Å². The molecule has 3 rings (SSSR count). The van der Waals surface area contributed by atoms with Gasteiger partial charge in [-0.1, -0.05) is 31.0 Å². The van der Waals surface area contributed by atoms with Crippen LogP contribution in [0.2, 0.25) is 0 Å². The molecule has 1 saturated heterocycles. The number of rotatable bonds is 5. The van der Waals surface area contributed by atoms with Gasteiger partial charge in [0.05, 0.1) is 6.54 Å². The molecule has 1 saturated carbocycles. The lowest BCUT2D eigenvalue weighted by Gasteiger charge is -2.36. The number of carbonyl (C=O) groups excluding carboxylic acids is 2. The fraction of sp³-hybridized carbons (Fsp3) is 0.579. The van der Waals surface area contributed by atoms with E-state index in [4.69, 9.17) is 0 Å². The zero-order valence-corrected chi connectivity index (χ0v) is 14.2. The Hall–Kier alpha value is -1.88. The first kappa shape index (κ1) is 17.0. The monoisotopic (exact) mass is 329 g/mol. The molecular weight excluding hydrogens is 302 g/mol. The largest absolute Gasteiger partial charge is 0.352 e. The van der Waals surface area contributed by atoms with Crippen molar-refractivity contribution in [3.05, 3.63) is 35.9 Å². The van der Waals surface area contributed by atoms with Gasteiger partial charge in [0.25, 0.3) is 5.91 Å². The highest BCUT2D eigenvalue weighted by molar-refractivity contribution is 5.96. The summed E-state index contributed by atoms with van der Waals surface area (Å²) in [6.07, 6.45) is 7.42. The normalized spacial score (nSPS) is 20.0. The number of piperidine rings is 1. The van der Waals surface area contributed by atoms with Crippen LogP contribution in [-0.2, 0) is 4.79 Å². The van der Waals surface area contributed by atoms with Gasteiger partial charge in [-0.25, -0.2) is 0 Å². The Morgan fingerprint density at radius 3 is 2.33 bits per heavy atom. The highest BCUT2D eigenvalue weighted by Gasteiger charge is 2.27. The van der Waals surface area contributed by atoms with Gasteiger partial charge in [-0.3, -0.25) is 9.59 Å². The fourth-order valence-electron chi connectivity index (χ4n) is 3.81. The van der Waals surface area contributed by atoms with E-state index in [0.29, 0.717) is 5.56 Å². The molecule has 2 fully saturated rings. The Balaban J connectivity index is 1.36. The SMILES string of the molecule is O=C(CNC(=O)c1ccccc1)NC1CCN(C2CCCC2)CC1. The summed E-state index contributed by atoms with van der Waals surface area (Å²) in [6.45, 7) is 2.19. The second-order valence-corrected chi connectivity index (χ2v) is 6.86. The summed E-state index contributed by atoms with van der Waals surface area (Å²) >= 11 is 0. The highest BCUT2D eigenvalue weighted by atomic mass is 16.2. The average Bonchev–Trinajstić information content (AvgIpc) is 3.16. The molecule has 2 N–H and O–H groups in total. The number of nitrogens with one attached hydrogen (secondary N) is 2. The molecule has 0 radical (unpaired) electrons. The van der Waals surface area contributed by atoms with E-state index in [0.717, 1.165) is 32.0 Å². The van der Waals surface area contributed by atoms with E-state index in [-0.39, 0.29) is 24.4 Å². The van der Waals surface area contributed by atoms with Gasteiger partial charge < -0.3 is 15.5 Å². The molecule has 2 amide bonds. The first-order valence-corrected chi connectivity index (χ1v) is 9.09. The molecule has 130 valence electrons. The molecule has 2 aliphatic rings. The third kappa shape index (κ3) is 4.57. The minimum Gasteiger partial charge on any atom is -0.352 e. The van der Waals surface area contributed by atoms with E-state index < -0.39 is 0 Å². The maximum Gasteiger partial charge on any atom is 0.251 e. The molecule has 0 spiro atoms. The molecule has 0 aromatic heterocycles. The van der Waals surface area contributed by atoms with Crippen molar-refractivity contribution in [1.29, 1.82) is 0 Å². The number of hydrogen-bond donors (Lipinski definition) is 2. The van der Waals surface area contributed by atoms with Crippen molar-refractivity contribution in [3.8, 4) is 0 Å². The number of amides is 2. The molecule has 0 unspecified atom stereocenters. The lowest BCUT2D eigenvalue weighted by Crippen LogP contribution is -2.49. The summed E-state index contributed by atoms with van der Waals surface area (Å²) in [4.78, 5) is 26.6. The summed E-state index contributed by atoms with van der Waals surface area (Å²) in [5.74, 6) is -0.305. The smallest absolute Gasteiger partial charge is 0.251 e. The van der Waals surface area contributed by atoms with Gasteiger partial charge in [-0.15, -0.1) is 0 Å². The second kappa shape index (κ2) is 8.29. The quantitative estimate of drug-likeness (QED) is 0.868. The summed E-state index contributed by atoms with van der Waals surface area (Å²) in [5.41, 5.74) is 0.579. The Kier molecular flexibility index (Phi) is 5.86. The van der Waals surface area contributed by atoms with Crippen LogP contribution in [0.4, 0.5) is 0 Å². The maximum absolute atomic E-state index is 12.0. The molecule has 5 heteroatoms. The standard InChI is InChI=1S/C19H27N3O2/c23-18(14-20-19(24)15-6-2-1-3-7-15)21-16-10-12-22(13-11-16)17-8-4-5-9-17/h1-3,6-7,16-17H,4-5,8-14H2,(H,20,24)(H,21,23). The van der Waals surface area contributed by atoms with Gasteiger partial charge in [-0.2, -0.15) is 0 Å². The van der Waals surface area contributed by atoms with Gasteiger partial charge in [-0.05, 0) is 37.8 Å². The van der Waals surface area contributed by atoms with Crippen LogP contribution >= 0.6 is 0 Å². The Morgan fingerprint density at radius 2 is 1.67 bits per heavy atom. The number of likely N-dealkylation sites (tertiary alicyclic amines) is 1. The van der Waals surface area contributed by atoms with Crippen LogP contribution in [0.3, 0.4) is 0 Å². The molecule has 5 nitrogen and oxygen atoms in total. The number of hydrogen-bond acceptors (Lipinski definition) is 3. The van der Waals surface area contributed by atoms with Crippen LogP contribution in [0.1, 0.15) is 48.9 Å². The Morgan fingerprint density at radius 1 is 1.00 bits per heavy atom. The van der Waals surface area contributed by atoms with Gasteiger partial charge in [0.15, 0.2) is 0 Å². The second-order valence-electron chi connectivity index (χ2n) is 6.86. The third-order valence-electron chi connectivity index (χ3n) is 5.18. The van der Waals surface area contributed by atoms with Gasteiger partial charge in [0.2, 0.25) is 5.91 Å². The van der Waals surface area contributed by atoms with Crippen molar-refractivity contribution < 1.29 is 9.59 Å². The van der Waals surface area contributed by atoms with Crippen LogP contribution in [0, 0.1) is 0 Å². The van der Waals surface area contributed by atoms with Crippen molar-refractivity contribution in [3.63, 3.8) is 0 Å². The zero-order chi connectivity index (χ0) is 16.8. The number of benzene rings is 1. The van der Waals surface area contributed by atoms with Crippen LogP contribution in [0.15, 0.2) is 30.3 Å². The minimum atomic E-state index is -0.207. The lowest BCUT2D eigenvalue weighted by atomic mass is 10.0. The first-order chi connectivity index (χ1) is 11.7. The van der Waals surface area contributed by atoms with Crippen molar-refractivity contribution >= 4 is 11.8 Å². The fourth-order valence-corrected chi connectivity index (χ4v) is 3.81. The van der Waals surface area contributed by atoms with Gasteiger partial charge in [0.1, 0.15) is 0 Å². The third-order valence-corrected chi connectivity index (χ3v) is 5.18. The maximum atomic E-state index is 12.0. The summed E-state index contributed by atoms with van der Waals surface area (Å²) in [6, 6.07) is 9.98. The Labute approximate surface area is 143 Å². The average molecular weight is 329 g/mol. The summed E-state index contributed by atoms with van der Waals surface area (Å²) in [7, 11) is 0. The highest BCUT2D eigenvalue weighted by Crippen LogP contribution is 2.26. The van der Waals surface area contributed by atoms with Crippen molar-refractivity contribution in [2.24, 2.45) is 0 Å². The zero-order valence-electron chi connectivity index (χ0n) is 14.2. The number of carbonyl (C=O) groups is 2. The molecule has 0 bridgehead atoms. The predicted molar refractivity (Wildman–Crippen MR) is 93.8 cm³/mol. The summed E-state index contributed by atoms with van der Waals surface area (Å²) < 4.78 is 0. The predicted octanol–water partition coefficient (Wildman–Crippen LogP) is 1.94. The van der Waals surface area contributed by atoms with E-state index >= 15 is 0 Å². The molecule has 1 aromatic carbocycles. The molecule has 1 heterocycles. The van der Waals surface area contributed by atoms with Crippen molar-refractivity contribution in [2.45, 2.75) is 50.6 Å². The van der Waals surface area contributed by atoms with E-state index in [2.05, 4.69) is 15.5 Å². The summed E-state index contributed by atoms with van der Waals surface area (Å²) in [5, 5.41) is 5.74. The van der Waals surface area contributed by atoms with Gasteiger partial charge >= 0.3 is 0 Å².